The highest BCUT2D eigenvalue weighted by Crippen LogP contribution is 2.28. The lowest BCUT2D eigenvalue weighted by molar-refractivity contribution is 0.0697. The summed E-state index contributed by atoms with van der Waals surface area (Å²) < 4.78 is 54.9. The minimum atomic E-state index is -4.10. The van der Waals surface area contributed by atoms with Crippen molar-refractivity contribution >= 4 is 33.1 Å². The maximum absolute atomic E-state index is 14.1. The van der Waals surface area contributed by atoms with Gasteiger partial charge >= 0.3 is 5.97 Å². The van der Waals surface area contributed by atoms with Gasteiger partial charge in [0.2, 0.25) is 0 Å². The number of sulfonamides is 1. The van der Waals surface area contributed by atoms with Crippen LogP contribution in [0, 0.1) is 11.6 Å². The number of hydrogen-bond donors (Lipinski definition) is 2. The maximum Gasteiger partial charge on any atom is 0.337 e. The van der Waals surface area contributed by atoms with Gasteiger partial charge in [-0.1, -0.05) is 18.2 Å². The van der Waals surface area contributed by atoms with Crippen LogP contribution in [0.2, 0.25) is 0 Å². The van der Waals surface area contributed by atoms with Crippen LogP contribution in [0.5, 0.6) is 0 Å². The molecule has 1 aliphatic heterocycles. The van der Waals surface area contributed by atoms with Gasteiger partial charge in [0.15, 0.2) is 0 Å². The predicted octanol–water partition coefficient (Wildman–Crippen LogP) is 3.79. The van der Waals surface area contributed by atoms with E-state index in [1.807, 2.05) is 9.80 Å². The summed E-state index contributed by atoms with van der Waals surface area (Å²) in [6.07, 6.45) is 0. The average molecular weight is 474 g/mol. The second-order valence-corrected chi connectivity index (χ2v) is 9.21. The Labute approximate surface area is 189 Å². The van der Waals surface area contributed by atoms with Crippen molar-refractivity contribution in [2.24, 2.45) is 0 Å². The normalized spacial score (nSPS) is 14.2. The first kappa shape index (κ1) is 22.5. The molecular formula is C23H21F2N3O4S. The molecule has 7 nitrogen and oxygen atoms in total. The van der Waals surface area contributed by atoms with Gasteiger partial charge in [0, 0.05) is 31.9 Å². The van der Waals surface area contributed by atoms with Gasteiger partial charge in [0.25, 0.3) is 10.0 Å². The van der Waals surface area contributed by atoms with Crippen molar-refractivity contribution in [1.82, 2.24) is 0 Å². The Hall–Kier alpha value is -3.66. The quantitative estimate of drug-likeness (QED) is 0.566. The highest BCUT2D eigenvalue weighted by molar-refractivity contribution is 7.92. The van der Waals surface area contributed by atoms with Crippen molar-refractivity contribution in [3.63, 3.8) is 0 Å². The van der Waals surface area contributed by atoms with Crippen molar-refractivity contribution in [3.05, 3.63) is 83.9 Å². The number of nitrogens with zero attached hydrogens (tertiary/aromatic N) is 2. The summed E-state index contributed by atoms with van der Waals surface area (Å²) in [5.41, 5.74) is 0.904. The van der Waals surface area contributed by atoms with E-state index in [0.29, 0.717) is 37.6 Å². The fraction of sp³-hybridized carbons (Fsp3) is 0.174. The maximum atomic E-state index is 14.1. The standard InChI is InChI=1S/C23H21F2N3O4S/c24-16-4-3-5-18(14-16)33(31,32)26-17-8-9-21(19(15-17)23(29)30)27-10-12-28(13-11-27)22-7-2-1-6-20(22)25/h1-9,14-15,26H,10-13H2,(H,29,30). The first-order valence-electron chi connectivity index (χ1n) is 10.1. The summed E-state index contributed by atoms with van der Waals surface area (Å²) in [6.45, 7) is 1.91. The number of anilines is 3. The van der Waals surface area contributed by atoms with Gasteiger partial charge < -0.3 is 14.9 Å². The van der Waals surface area contributed by atoms with Crippen LogP contribution < -0.4 is 14.5 Å². The smallest absolute Gasteiger partial charge is 0.337 e. The summed E-state index contributed by atoms with van der Waals surface area (Å²) in [5, 5.41) is 9.73. The molecule has 0 bridgehead atoms. The number of carboxylic acids is 1. The van der Waals surface area contributed by atoms with E-state index in [0.717, 1.165) is 12.1 Å². The molecule has 0 spiro atoms. The molecule has 33 heavy (non-hydrogen) atoms. The van der Waals surface area contributed by atoms with Crippen LogP contribution in [0.4, 0.5) is 25.8 Å². The molecular weight excluding hydrogens is 452 g/mol. The largest absolute Gasteiger partial charge is 0.478 e. The number of aromatic carboxylic acids is 1. The molecule has 10 heteroatoms. The Bertz CT molecular complexity index is 1290. The summed E-state index contributed by atoms with van der Waals surface area (Å²) in [5.74, 6) is -2.23. The van der Waals surface area contributed by atoms with Gasteiger partial charge in [0.1, 0.15) is 11.6 Å². The van der Waals surface area contributed by atoms with E-state index < -0.39 is 21.8 Å². The number of halogens is 2. The van der Waals surface area contributed by atoms with Crippen LogP contribution in [0.25, 0.3) is 0 Å². The fourth-order valence-corrected chi connectivity index (χ4v) is 4.87. The molecule has 1 aliphatic rings. The van der Waals surface area contributed by atoms with Crippen molar-refractivity contribution in [2.45, 2.75) is 4.90 Å². The van der Waals surface area contributed by atoms with E-state index in [1.54, 1.807) is 18.2 Å². The number of benzene rings is 3. The molecule has 1 saturated heterocycles. The molecule has 0 unspecified atom stereocenters. The van der Waals surface area contributed by atoms with Crippen LogP contribution in [0.3, 0.4) is 0 Å². The third-order valence-corrected chi connectivity index (χ3v) is 6.78. The zero-order valence-electron chi connectivity index (χ0n) is 17.4. The van der Waals surface area contributed by atoms with Crippen LogP contribution in [0.15, 0.2) is 71.6 Å². The monoisotopic (exact) mass is 473 g/mol. The van der Waals surface area contributed by atoms with Gasteiger partial charge in [-0.05, 0) is 48.5 Å². The minimum absolute atomic E-state index is 0.0467. The second-order valence-electron chi connectivity index (χ2n) is 7.53. The molecule has 0 atom stereocenters. The number of carbonyl (C=O) groups is 1. The molecule has 0 radical (unpaired) electrons. The second kappa shape index (κ2) is 9.07. The summed E-state index contributed by atoms with van der Waals surface area (Å²) in [4.78, 5) is 15.4. The molecule has 0 aromatic heterocycles. The van der Waals surface area contributed by atoms with E-state index >= 15 is 0 Å². The molecule has 1 heterocycles. The van der Waals surface area contributed by atoms with Crippen LogP contribution in [-0.4, -0.2) is 45.7 Å². The SMILES string of the molecule is O=C(O)c1cc(NS(=O)(=O)c2cccc(F)c2)ccc1N1CCN(c2ccccc2F)CC1. The van der Waals surface area contributed by atoms with Gasteiger partial charge in [0.05, 0.1) is 21.8 Å². The molecule has 1 fully saturated rings. The topological polar surface area (TPSA) is 89.9 Å². The number of piperazine rings is 1. The Balaban J connectivity index is 1.53. The van der Waals surface area contributed by atoms with Crippen LogP contribution in [-0.2, 0) is 10.0 Å². The lowest BCUT2D eigenvalue weighted by Gasteiger charge is -2.38. The number of nitrogens with one attached hydrogen (secondary N) is 1. The number of hydrogen-bond acceptors (Lipinski definition) is 5. The van der Waals surface area contributed by atoms with Crippen molar-refractivity contribution in [3.8, 4) is 0 Å². The number of rotatable bonds is 6. The van der Waals surface area contributed by atoms with Crippen LogP contribution in [0.1, 0.15) is 10.4 Å². The molecule has 4 rings (SSSR count). The highest BCUT2D eigenvalue weighted by atomic mass is 32.2. The summed E-state index contributed by atoms with van der Waals surface area (Å²) in [7, 11) is -4.10. The molecule has 0 amide bonds. The van der Waals surface area contributed by atoms with Gasteiger partial charge in [-0.2, -0.15) is 0 Å². The first-order valence-corrected chi connectivity index (χ1v) is 11.6. The Morgan fingerprint density at radius 1 is 0.848 bits per heavy atom. The van der Waals surface area contributed by atoms with E-state index in [9.17, 15) is 27.1 Å². The van der Waals surface area contributed by atoms with Crippen LogP contribution >= 0.6 is 0 Å². The summed E-state index contributed by atoms with van der Waals surface area (Å²) >= 11 is 0. The Morgan fingerprint density at radius 2 is 1.52 bits per heavy atom. The van der Waals surface area contributed by atoms with Crippen molar-refractivity contribution in [2.75, 3.05) is 40.7 Å². The van der Waals surface area contributed by atoms with E-state index in [-0.39, 0.29) is 22.0 Å². The highest BCUT2D eigenvalue weighted by Gasteiger charge is 2.24. The Kier molecular flexibility index (Phi) is 6.19. The predicted molar refractivity (Wildman–Crippen MR) is 121 cm³/mol. The zero-order valence-corrected chi connectivity index (χ0v) is 18.2. The third-order valence-electron chi connectivity index (χ3n) is 5.40. The van der Waals surface area contributed by atoms with E-state index in [4.69, 9.17) is 0 Å². The lowest BCUT2D eigenvalue weighted by atomic mass is 10.1. The fourth-order valence-electron chi connectivity index (χ4n) is 3.79. The van der Waals surface area contributed by atoms with Crippen molar-refractivity contribution < 1.29 is 27.1 Å². The number of para-hydroxylation sites is 1. The van der Waals surface area contributed by atoms with E-state index in [2.05, 4.69) is 4.72 Å². The van der Waals surface area contributed by atoms with Gasteiger partial charge in [-0.3, -0.25) is 4.72 Å². The van der Waals surface area contributed by atoms with E-state index in [1.165, 1.54) is 36.4 Å². The molecule has 3 aromatic carbocycles. The summed E-state index contributed by atoms with van der Waals surface area (Å²) in [6, 6.07) is 15.2. The molecule has 0 aliphatic carbocycles. The molecule has 172 valence electrons. The molecule has 0 saturated carbocycles. The lowest BCUT2D eigenvalue weighted by Crippen LogP contribution is -2.47. The Morgan fingerprint density at radius 3 is 2.15 bits per heavy atom. The number of carboxylic acid groups (broad SMARTS) is 1. The average Bonchev–Trinajstić information content (AvgIpc) is 2.79. The minimum Gasteiger partial charge on any atom is -0.478 e. The molecule has 3 aromatic rings. The van der Waals surface area contributed by atoms with Crippen molar-refractivity contribution in [1.29, 1.82) is 0 Å². The van der Waals surface area contributed by atoms with Gasteiger partial charge in [-0.15, -0.1) is 0 Å². The molecule has 2 N–H and O–H groups in total. The third kappa shape index (κ3) is 4.90. The van der Waals surface area contributed by atoms with Gasteiger partial charge in [-0.25, -0.2) is 22.0 Å². The first-order chi connectivity index (χ1) is 15.7. The zero-order chi connectivity index (χ0) is 23.6.